The number of ketones is 2. The van der Waals surface area contributed by atoms with Gasteiger partial charge in [-0.3, -0.25) is 19.2 Å². The highest BCUT2D eigenvalue weighted by molar-refractivity contribution is 9.10. The fraction of sp³-hybridized carbons (Fsp3) is 0.680. The van der Waals surface area contributed by atoms with Crippen LogP contribution >= 0.6 is 15.9 Å². The second-order valence-electron chi connectivity index (χ2n) is 10.5. The topological polar surface area (TPSA) is 107 Å². The quantitative estimate of drug-likeness (QED) is 0.431. The highest BCUT2D eigenvalue weighted by Gasteiger charge is 2.75. The van der Waals surface area contributed by atoms with Crippen molar-refractivity contribution in [3.05, 3.63) is 23.8 Å². The number of carbonyl (C=O) groups is 4. The van der Waals surface area contributed by atoms with Crippen molar-refractivity contribution >= 4 is 39.4 Å². The molecule has 1 N–H and O–H groups in total. The minimum absolute atomic E-state index is 0.0550. The molecular weight excluding hydrogens is 511 g/mol. The van der Waals surface area contributed by atoms with Gasteiger partial charge in [0.05, 0.1) is 10.4 Å². The summed E-state index contributed by atoms with van der Waals surface area (Å²) in [5.41, 5.74) is -3.23. The Morgan fingerprint density at radius 2 is 1.88 bits per heavy atom. The lowest BCUT2D eigenvalue weighted by Crippen LogP contribution is -2.70. The number of alkyl halides is 2. The van der Waals surface area contributed by atoms with Crippen LogP contribution in [0.5, 0.6) is 0 Å². The molecular formula is C25H30BrFO7. The zero-order chi connectivity index (χ0) is 25.3. The molecule has 34 heavy (non-hydrogen) atoms. The lowest BCUT2D eigenvalue weighted by atomic mass is 9.45. The zero-order valence-electron chi connectivity index (χ0n) is 19.7. The van der Waals surface area contributed by atoms with E-state index >= 15 is 4.39 Å². The van der Waals surface area contributed by atoms with Crippen LogP contribution in [0, 0.1) is 22.7 Å². The fourth-order valence-corrected chi connectivity index (χ4v) is 8.43. The highest BCUT2D eigenvalue weighted by atomic mass is 79.9. The van der Waals surface area contributed by atoms with Crippen LogP contribution in [0.2, 0.25) is 0 Å². The maximum atomic E-state index is 15.6. The van der Waals surface area contributed by atoms with Crippen molar-refractivity contribution in [2.24, 2.45) is 22.7 Å². The molecule has 4 aliphatic rings. The van der Waals surface area contributed by atoms with Crippen molar-refractivity contribution in [2.45, 2.75) is 75.6 Å². The number of allylic oxidation sites excluding steroid dienone is 4. The molecule has 0 bridgehead atoms. The summed E-state index contributed by atoms with van der Waals surface area (Å²) in [7, 11) is 0. The Morgan fingerprint density at radius 1 is 1.21 bits per heavy atom. The van der Waals surface area contributed by atoms with Gasteiger partial charge in [0, 0.05) is 24.7 Å². The van der Waals surface area contributed by atoms with Crippen LogP contribution in [-0.2, 0) is 28.7 Å². The van der Waals surface area contributed by atoms with Gasteiger partial charge in [-0.05, 0) is 55.2 Å². The van der Waals surface area contributed by atoms with Gasteiger partial charge in [-0.25, -0.2) is 4.39 Å². The van der Waals surface area contributed by atoms with Crippen LogP contribution < -0.4 is 0 Å². The summed E-state index contributed by atoms with van der Waals surface area (Å²) in [6, 6.07) is 0. The third-order valence-electron chi connectivity index (χ3n) is 8.92. The average Bonchev–Trinajstić information content (AvgIpc) is 3.02. The molecule has 8 atom stereocenters. The highest BCUT2D eigenvalue weighted by Crippen LogP contribution is 2.71. The zero-order valence-corrected chi connectivity index (χ0v) is 21.3. The van der Waals surface area contributed by atoms with Gasteiger partial charge in [0.1, 0.15) is 6.17 Å². The molecule has 4 aliphatic carbocycles. The minimum atomic E-state index is -1.60. The molecule has 0 spiro atoms. The molecule has 0 saturated heterocycles. The van der Waals surface area contributed by atoms with E-state index in [1.54, 1.807) is 13.0 Å². The van der Waals surface area contributed by atoms with Gasteiger partial charge in [0.15, 0.2) is 18.0 Å². The van der Waals surface area contributed by atoms with Crippen molar-refractivity contribution in [3.63, 3.8) is 0 Å². The largest absolute Gasteiger partial charge is 0.458 e. The molecule has 4 rings (SSSR count). The molecule has 186 valence electrons. The number of fused-ring (bicyclic) bond motifs is 5. The minimum Gasteiger partial charge on any atom is -0.458 e. The van der Waals surface area contributed by atoms with Crippen LogP contribution in [0.15, 0.2) is 23.8 Å². The summed E-state index contributed by atoms with van der Waals surface area (Å²) in [6.07, 6.45) is 2.75. The van der Waals surface area contributed by atoms with E-state index in [9.17, 15) is 24.3 Å². The number of Topliss-reactive ketones (excluding diaryl/α,β-unsaturated/α-hetero) is 1. The first kappa shape index (κ1) is 25.2. The third kappa shape index (κ3) is 3.22. The average molecular weight is 541 g/mol. The summed E-state index contributed by atoms with van der Waals surface area (Å²) in [4.78, 5) is 49.0. The molecule has 0 aromatic heterocycles. The van der Waals surface area contributed by atoms with Gasteiger partial charge in [0.2, 0.25) is 5.78 Å². The second kappa shape index (κ2) is 8.08. The smallest absolute Gasteiger partial charge is 0.303 e. The van der Waals surface area contributed by atoms with Gasteiger partial charge in [-0.1, -0.05) is 35.9 Å². The fourth-order valence-electron chi connectivity index (χ4n) is 7.40. The Hall–Kier alpha value is -1.87. The Bertz CT molecular complexity index is 1020. The van der Waals surface area contributed by atoms with Gasteiger partial charge in [-0.2, -0.15) is 0 Å². The third-order valence-corrected chi connectivity index (χ3v) is 10.9. The van der Waals surface area contributed by atoms with E-state index in [4.69, 9.17) is 9.47 Å². The standard InChI is InChI=1S/C25H30BrFO7/c1-13(28)33-12-21(32)24(34-14(2)29)8-6-16-17-10-19(27)18-9-15(30)5-7-22(18,3)25(17,26)20(31)11-23(16,24)4/h5,7,9,16-17,19-20,31H,6,8,10-12H2,1-4H3/t16-,17-,19-,20-,22-,23-,24+,25-/m0/s1. The molecule has 0 unspecified atom stereocenters. The normalized spacial score (nSPS) is 44.9. The van der Waals surface area contributed by atoms with Crippen LogP contribution in [-0.4, -0.2) is 57.4 Å². The molecule has 0 heterocycles. The van der Waals surface area contributed by atoms with Crippen molar-refractivity contribution < 1.29 is 38.1 Å². The number of hydrogen-bond acceptors (Lipinski definition) is 7. The number of halogens is 2. The van der Waals surface area contributed by atoms with Crippen LogP contribution in [0.4, 0.5) is 4.39 Å². The lowest BCUT2D eigenvalue weighted by Gasteiger charge is -2.64. The van der Waals surface area contributed by atoms with E-state index in [0.29, 0.717) is 12.0 Å². The van der Waals surface area contributed by atoms with Crippen molar-refractivity contribution in [3.8, 4) is 0 Å². The summed E-state index contributed by atoms with van der Waals surface area (Å²) in [6.45, 7) is 5.47. The van der Waals surface area contributed by atoms with E-state index in [-0.39, 0.29) is 31.0 Å². The Morgan fingerprint density at radius 3 is 2.50 bits per heavy atom. The molecule has 3 fully saturated rings. The molecule has 0 aromatic carbocycles. The summed E-state index contributed by atoms with van der Waals surface area (Å²) in [5.74, 6) is -2.81. The number of carbonyl (C=O) groups excluding carboxylic acids is 4. The Kier molecular flexibility index (Phi) is 6.00. The lowest BCUT2D eigenvalue weighted by molar-refractivity contribution is -0.197. The van der Waals surface area contributed by atoms with E-state index in [1.807, 2.05) is 6.92 Å². The molecule has 0 aliphatic heterocycles. The maximum absolute atomic E-state index is 15.6. The van der Waals surface area contributed by atoms with Crippen molar-refractivity contribution in [1.82, 2.24) is 0 Å². The van der Waals surface area contributed by atoms with Crippen molar-refractivity contribution in [2.75, 3.05) is 6.61 Å². The summed E-state index contributed by atoms with van der Waals surface area (Å²) >= 11 is 3.84. The van der Waals surface area contributed by atoms with Crippen LogP contribution in [0.3, 0.4) is 0 Å². The SMILES string of the molecule is CC(=O)OCC(=O)[C@]1(OC(C)=O)CC[C@H]2[C@@H]3C[C@H](F)C4=CC(=O)C=C[C@]4(C)[C@@]3(Br)[C@@H](O)C[C@@]21C. The predicted octanol–water partition coefficient (Wildman–Crippen LogP) is 3.16. The summed E-state index contributed by atoms with van der Waals surface area (Å²) in [5, 5.41) is 11.6. The first-order valence-electron chi connectivity index (χ1n) is 11.6. The van der Waals surface area contributed by atoms with E-state index < -0.39 is 63.3 Å². The number of aliphatic hydroxyl groups excluding tert-OH is 1. The molecule has 3 saturated carbocycles. The first-order chi connectivity index (χ1) is 15.7. The molecule has 0 radical (unpaired) electrons. The first-order valence-corrected chi connectivity index (χ1v) is 12.3. The van der Waals surface area contributed by atoms with E-state index in [1.165, 1.54) is 26.0 Å². The number of hydrogen-bond donors (Lipinski definition) is 1. The molecule has 7 nitrogen and oxygen atoms in total. The monoisotopic (exact) mass is 540 g/mol. The van der Waals surface area contributed by atoms with Gasteiger partial charge < -0.3 is 14.6 Å². The molecule has 9 heteroatoms. The van der Waals surface area contributed by atoms with Crippen molar-refractivity contribution in [1.29, 1.82) is 0 Å². The maximum Gasteiger partial charge on any atom is 0.303 e. The number of ether oxygens (including phenoxy) is 2. The van der Waals surface area contributed by atoms with E-state index in [0.717, 1.165) is 0 Å². The molecule has 0 aromatic rings. The predicted molar refractivity (Wildman–Crippen MR) is 123 cm³/mol. The van der Waals surface area contributed by atoms with E-state index in [2.05, 4.69) is 15.9 Å². The number of aliphatic hydroxyl groups is 1. The van der Waals surface area contributed by atoms with Gasteiger partial charge >= 0.3 is 11.9 Å². The second-order valence-corrected chi connectivity index (χ2v) is 11.8. The summed E-state index contributed by atoms with van der Waals surface area (Å²) < 4.78 is 25.3. The van der Waals surface area contributed by atoms with Gasteiger partial charge in [0.25, 0.3) is 0 Å². The number of rotatable bonds is 4. The Labute approximate surface area is 206 Å². The van der Waals surface area contributed by atoms with Crippen LogP contribution in [0.25, 0.3) is 0 Å². The van der Waals surface area contributed by atoms with Crippen LogP contribution in [0.1, 0.15) is 53.4 Å². The Balaban J connectivity index is 1.81. The number of esters is 2. The van der Waals surface area contributed by atoms with Gasteiger partial charge in [-0.15, -0.1) is 0 Å². The molecule has 0 amide bonds.